The van der Waals surface area contributed by atoms with Crippen LogP contribution in [0.15, 0.2) is 18.2 Å². The highest BCUT2D eigenvalue weighted by Gasteiger charge is 2.43. The van der Waals surface area contributed by atoms with E-state index in [9.17, 15) is 0 Å². The van der Waals surface area contributed by atoms with E-state index in [4.69, 9.17) is 33.7 Å². The third-order valence-corrected chi connectivity index (χ3v) is 4.22. The van der Waals surface area contributed by atoms with E-state index in [-0.39, 0.29) is 11.6 Å². The highest BCUT2D eigenvalue weighted by molar-refractivity contribution is 6.42. The van der Waals surface area contributed by atoms with Gasteiger partial charge in [-0.05, 0) is 37.0 Å². The summed E-state index contributed by atoms with van der Waals surface area (Å²) in [6.07, 6.45) is 3.18. The number of hydrogen-bond acceptors (Lipinski definition) is 2. The van der Waals surface area contributed by atoms with Crippen LogP contribution in [0.3, 0.4) is 0 Å². The minimum atomic E-state index is -0.211. The summed E-state index contributed by atoms with van der Waals surface area (Å²) in [6, 6.07) is 5.38. The Morgan fingerprint density at radius 2 is 2.00 bits per heavy atom. The molecule has 0 amide bonds. The molecule has 0 bridgehead atoms. The second kappa shape index (κ2) is 4.53. The monoisotopic (exact) mass is 259 g/mol. The zero-order chi connectivity index (χ0) is 11.8. The molecular weight excluding hydrogens is 245 g/mol. The lowest BCUT2D eigenvalue weighted by Crippen LogP contribution is -2.48. The smallest absolute Gasteiger partial charge is 0.0870 e. The molecule has 1 saturated carbocycles. The Labute approximate surface area is 106 Å². The summed E-state index contributed by atoms with van der Waals surface area (Å²) in [5.74, 6) is 0. The van der Waals surface area contributed by atoms with E-state index in [1.54, 1.807) is 13.2 Å². The highest BCUT2D eigenvalue weighted by atomic mass is 35.5. The molecule has 1 atom stereocenters. The summed E-state index contributed by atoms with van der Waals surface area (Å²) in [7, 11) is 1.72. The van der Waals surface area contributed by atoms with Crippen LogP contribution in [-0.2, 0) is 4.74 Å². The number of benzene rings is 1. The van der Waals surface area contributed by atoms with Gasteiger partial charge in [-0.25, -0.2) is 0 Å². The summed E-state index contributed by atoms with van der Waals surface area (Å²) >= 11 is 11.9. The Morgan fingerprint density at radius 3 is 2.44 bits per heavy atom. The lowest BCUT2D eigenvalue weighted by molar-refractivity contribution is -0.0911. The van der Waals surface area contributed by atoms with Gasteiger partial charge < -0.3 is 10.5 Å². The minimum absolute atomic E-state index is 0.138. The van der Waals surface area contributed by atoms with Crippen LogP contribution in [0.4, 0.5) is 0 Å². The number of rotatable bonds is 3. The number of nitrogens with two attached hydrogens (primary N) is 1. The molecule has 0 radical (unpaired) electrons. The van der Waals surface area contributed by atoms with Crippen molar-refractivity contribution in [1.29, 1.82) is 0 Å². The normalized spacial score (nSPS) is 20.2. The molecule has 1 aliphatic rings. The molecule has 1 unspecified atom stereocenters. The quantitative estimate of drug-likeness (QED) is 0.901. The fraction of sp³-hybridized carbons (Fsp3) is 0.500. The average molecular weight is 260 g/mol. The molecule has 16 heavy (non-hydrogen) atoms. The lowest BCUT2D eigenvalue weighted by Gasteiger charge is -2.45. The third kappa shape index (κ3) is 1.95. The number of methoxy groups -OCH3 is 1. The van der Waals surface area contributed by atoms with Crippen LogP contribution in [-0.4, -0.2) is 12.7 Å². The summed E-state index contributed by atoms with van der Waals surface area (Å²) in [5, 5.41) is 1.10. The Balaban J connectivity index is 2.26. The lowest BCUT2D eigenvalue weighted by atomic mass is 9.72. The van der Waals surface area contributed by atoms with Crippen molar-refractivity contribution in [3.63, 3.8) is 0 Å². The maximum Gasteiger partial charge on any atom is 0.0870 e. The van der Waals surface area contributed by atoms with Crippen molar-refractivity contribution in [2.24, 2.45) is 5.73 Å². The van der Waals surface area contributed by atoms with E-state index in [1.807, 2.05) is 12.1 Å². The van der Waals surface area contributed by atoms with E-state index in [2.05, 4.69) is 0 Å². The van der Waals surface area contributed by atoms with Crippen molar-refractivity contribution in [3.8, 4) is 0 Å². The van der Waals surface area contributed by atoms with Crippen LogP contribution in [0.2, 0.25) is 10.0 Å². The molecule has 1 fully saturated rings. The van der Waals surface area contributed by atoms with Crippen molar-refractivity contribution < 1.29 is 4.74 Å². The predicted octanol–water partition coefficient (Wildman–Crippen LogP) is 3.56. The summed E-state index contributed by atoms with van der Waals surface area (Å²) in [5.41, 5.74) is 7.01. The first-order valence-corrected chi connectivity index (χ1v) is 6.10. The highest BCUT2D eigenvalue weighted by Crippen LogP contribution is 2.44. The fourth-order valence-corrected chi connectivity index (χ4v) is 2.48. The first-order chi connectivity index (χ1) is 7.59. The molecule has 0 aliphatic heterocycles. The standard InChI is InChI=1S/C12H15Cl2NO/c1-16-12(5-2-6-12)11(15)8-3-4-9(13)10(14)7-8/h3-4,7,11H,2,5-6,15H2,1H3. The predicted molar refractivity (Wildman–Crippen MR) is 67.0 cm³/mol. The van der Waals surface area contributed by atoms with Gasteiger partial charge in [0, 0.05) is 7.11 Å². The number of hydrogen-bond donors (Lipinski definition) is 1. The first kappa shape index (κ1) is 12.2. The Hall–Kier alpha value is -0.280. The van der Waals surface area contributed by atoms with E-state index >= 15 is 0 Å². The van der Waals surface area contributed by atoms with Crippen LogP contribution in [0.5, 0.6) is 0 Å². The zero-order valence-electron chi connectivity index (χ0n) is 9.17. The number of halogens is 2. The molecule has 1 aromatic rings. The fourth-order valence-electron chi connectivity index (χ4n) is 2.18. The Bertz CT molecular complexity index is 385. The molecule has 2 nitrogen and oxygen atoms in total. The molecule has 4 heteroatoms. The van der Waals surface area contributed by atoms with E-state index in [0.29, 0.717) is 10.0 Å². The molecule has 0 saturated heterocycles. The van der Waals surface area contributed by atoms with Crippen LogP contribution >= 0.6 is 23.2 Å². The molecule has 88 valence electrons. The van der Waals surface area contributed by atoms with Gasteiger partial charge in [0.05, 0.1) is 21.7 Å². The molecule has 2 N–H and O–H groups in total. The van der Waals surface area contributed by atoms with Gasteiger partial charge in [-0.1, -0.05) is 29.3 Å². The van der Waals surface area contributed by atoms with E-state index < -0.39 is 0 Å². The van der Waals surface area contributed by atoms with E-state index in [0.717, 1.165) is 18.4 Å². The number of ether oxygens (including phenoxy) is 1. The summed E-state index contributed by atoms with van der Waals surface area (Å²) in [4.78, 5) is 0. The van der Waals surface area contributed by atoms with Crippen molar-refractivity contribution in [3.05, 3.63) is 33.8 Å². The summed E-state index contributed by atoms with van der Waals surface area (Å²) in [6.45, 7) is 0. The van der Waals surface area contributed by atoms with Crippen LogP contribution in [0, 0.1) is 0 Å². The second-order valence-corrected chi connectivity index (χ2v) is 5.09. The van der Waals surface area contributed by atoms with E-state index in [1.165, 1.54) is 6.42 Å². The van der Waals surface area contributed by atoms with Gasteiger partial charge >= 0.3 is 0 Å². The van der Waals surface area contributed by atoms with Crippen LogP contribution in [0.25, 0.3) is 0 Å². The van der Waals surface area contributed by atoms with Gasteiger partial charge in [-0.2, -0.15) is 0 Å². The molecule has 0 aromatic heterocycles. The maximum atomic E-state index is 6.24. The zero-order valence-corrected chi connectivity index (χ0v) is 10.7. The minimum Gasteiger partial charge on any atom is -0.376 e. The molecule has 2 rings (SSSR count). The van der Waals surface area contributed by atoms with Crippen LogP contribution in [0.1, 0.15) is 30.9 Å². The van der Waals surface area contributed by atoms with Crippen LogP contribution < -0.4 is 5.73 Å². The topological polar surface area (TPSA) is 35.2 Å². The first-order valence-electron chi connectivity index (χ1n) is 5.35. The van der Waals surface area contributed by atoms with Crippen molar-refractivity contribution in [2.45, 2.75) is 30.9 Å². The van der Waals surface area contributed by atoms with Gasteiger partial charge in [-0.3, -0.25) is 0 Å². The van der Waals surface area contributed by atoms with Gasteiger partial charge in [0.2, 0.25) is 0 Å². The second-order valence-electron chi connectivity index (χ2n) is 4.27. The molecular formula is C12H15Cl2NO. The molecule has 0 heterocycles. The SMILES string of the molecule is COC1(C(N)c2ccc(Cl)c(Cl)c2)CCC1. The maximum absolute atomic E-state index is 6.24. The van der Waals surface area contributed by atoms with Gasteiger partial charge in [0.15, 0.2) is 0 Å². The summed E-state index contributed by atoms with van der Waals surface area (Å²) < 4.78 is 5.56. The Kier molecular flexibility index (Phi) is 3.45. The molecule has 1 aromatic carbocycles. The molecule has 1 aliphatic carbocycles. The average Bonchev–Trinajstić information content (AvgIpc) is 2.21. The molecule has 0 spiro atoms. The van der Waals surface area contributed by atoms with Gasteiger partial charge in [0.25, 0.3) is 0 Å². The van der Waals surface area contributed by atoms with Crippen molar-refractivity contribution in [1.82, 2.24) is 0 Å². The third-order valence-electron chi connectivity index (χ3n) is 3.48. The van der Waals surface area contributed by atoms with Crippen molar-refractivity contribution >= 4 is 23.2 Å². The van der Waals surface area contributed by atoms with Gasteiger partial charge in [-0.15, -0.1) is 0 Å². The van der Waals surface area contributed by atoms with Crippen molar-refractivity contribution in [2.75, 3.05) is 7.11 Å². The largest absolute Gasteiger partial charge is 0.376 e. The Morgan fingerprint density at radius 1 is 1.31 bits per heavy atom. The van der Waals surface area contributed by atoms with Gasteiger partial charge in [0.1, 0.15) is 0 Å².